The lowest BCUT2D eigenvalue weighted by Crippen LogP contribution is -2.44. The van der Waals surface area contributed by atoms with Gasteiger partial charge in [-0.3, -0.25) is 9.59 Å². The summed E-state index contributed by atoms with van der Waals surface area (Å²) in [5.74, 6) is 0.723. The van der Waals surface area contributed by atoms with Crippen LogP contribution >= 0.6 is 0 Å². The van der Waals surface area contributed by atoms with Crippen LogP contribution in [0.1, 0.15) is 46.7 Å². The van der Waals surface area contributed by atoms with E-state index in [2.05, 4.69) is 19.9 Å². The van der Waals surface area contributed by atoms with E-state index in [1.165, 1.54) is 0 Å². The zero-order chi connectivity index (χ0) is 18.6. The third kappa shape index (κ3) is 2.49. The van der Waals surface area contributed by atoms with Crippen molar-refractivity contribution < 1.29 is 4.79 Å². The second-order valence-corrected chi connectivity index (χ2v) is 7.69. The number of fused-ring (bicyclic) bond motifs is 3. The number of hydrogen-bond acceptors (Lipinski definition) is 4. The molecule has 1 aliphatic heterocycles. The van der Waals surface area contributed by atoms with Crippen molar-refractivity contribution in [3.63, 3.8) is 0 Å². The van der Waals surface area contributed by atoms with Crippen molar-refractivity contribution in [2.24, 2.45) is 0 Å². The summed E-state index contributed by atoms with van der Waals surface area (Å²) >= 11 is 0. The first-order valence-corrected chi connectivity index (χ1v) is 9.38. The van der Waals surface area contributed by atoms with Crippen LogP contribution in [0.5, 0.6) is 0 Å². The Morgan fingerprint density at radius 2 is 2.04 bits per heavy atom. The highest BCUT2D eigenvalue weighted by Gasteiger charge is 2.44. The first-order chi connectivity index (χ1) is 13.1. The van der Waals surface area contributed by atoms with Gasteiger partial charge in [0.25, 0.3) is 11.5 Å². The summed E-state index contributed by atoms with van der Waals surface area (Å²) in [5.41, 5.74) is 4.16. The Morgan fingerprint density at radius 1 is 1.22 bits per heavy atom. The summed E-state index contributed by atoms with van der Waals surface area (Å²) in [6.07, 6.45) is 5.08. The van der Waals surface area contributed by atoms with Gasteiger partial charge >= 0.3 is 0 Å². The number of H-pyrrole nitrogens is 2. The molecule has 1 amide bonds. The molecule has 1 aromatic carbocycles. The van der Waals surface area contributed by atoms with Crippen molar-refractivity contribution in [1.82, 2.24) is 24.8 Å². The number of carbonyl (C=O) groups is 1. The molecular weight excluding hydrogens is 342 g/mol. The highest BCUT2D eigenvalue weighted by molar-refractivity contribution is 5.97. The van der Waals surface area contributed by atoms with Gasteiger partial charge in [0.1, 0.15) is 5.82 Å². The molecule has 7 heteroatoms. The van der Waals surface area contributed by atoms with Gasteiger partial charge in [-0.25, -0.2) is 9.97 Å². The van der Waals surface area contributed by atoms with Gasteiger partial charge in [0.2, 0.25) is 0 Å². The molecule has 3 aromatic rings. The molecule has 2 N–H and O–H groups in total. The summed E-state index contributed by atoms with van der Waals surface area (Å²) in [7, 11) is 0. The number of aromatic nitrogens is 4. The van der Waals surface area contributed by atoms with Gasteiger partial charge in [-0.15, -0.1) is 0 Å². The van der Waals surface area contributed by atoms with Crippen LogP contribution in [0.15, 0.2) is 29.3 Å². The predicted molar refractivity (Wildman–Crippen MR) is 101 cm³/mol. The maximum Gasteiger partial charge on any atom is 0.254 e. The highest BCUT2D eigenvalue weighted by atomic mass is 16.2. The third-order valence-corrected chi connectivity index (χ3v) is 6.16. The van der Waals surface area contributed by atoms with Crippen molar-refractivity contribution in [2.45, 2.75) is 38.0 Å². The lowest BCUT2D eigenvalue weighted by atomic mass is 9.76. The van der Waals surface area contributed by atoms with E-state index in [4.69, 9.17) is 0 Å². The molecule has 5 rings (SSSR count). The number of carbonyl (C=O) groups excluding carboxylic acids is 1. The first-order valence-electron chi connectivity index (χ1n) is 9.38. The molecular formula is C20H21N5O2. The number of nitrogens with one attached hydrogen (secondary N) is 2. The Labute approximate surface area is 155 Å². The van der Waals surface area contributed by atoms with Crippen molar-refractivity contribution in [3.05, 3.63) is 57.5 Å². The number of rotatable bonds is 1. The molecule has 1 fully saturated rings. The molecule has 0 saturated carbocycles. The molecule has 2 aromatic heterocycles. The van der Waals surface area contributed by atoms with Crippen molar-refractivity contribution in [2.75, 3.05) is 13.1 Å². The van der Waals surface area contributed by atoms with E-state index in [9.17, 15) is 9.59 Å². The maximum atomic E-state index is 12.9. The number of nitrogens with zero attached hydrogens (tertiary/aromatic N) is 3. The quantitative estimate of drug-likeness (QED) is 0.692. The number of aryl methyl sites for hydroxylation is 1. The average molecular weight is 363 g/mol. The molecule has 0 atom stereocenters. The van der Waals surface area contributed by atoms with Crippen molar-refractivity contribution in [1.29, 1.82) is 0 Å². The van der Waals surface area contributed by atoms with Gasteiger partial charge in [0.15, 0.2) is 0 Å². The maximum absolute atomic E-state index is 12.9. The number of benzene rings is 1. The predicted octanol–water partition coefficient (Wildman–Crippen LogP) is 2.07. The number of piperidine rings is 1. The van der Waals surface area contributed by atoms with Gasteiger partial charge in [0, 0.05) is 29.6 Å². The second kappa shape index (κ2) is 5.77. The van der Waals surface area contributed by atoms with Crippen LogP contribution in [0.25, 0.3) is 11.0 Å². The highest BCUT2D eigenvalue weighted by Crippen LogP contribution is 2.44. The van der Waals surface area contributed by atoms with Gasteiger partial charge in [-0.1, -0.05) is 0 Å². The van der Waals surface area contributed by atoms with E-state index in [1.54, 1.807) is 6.33 Å². The largest absolute Gasteiger partial charge is 0.345 e. The summed E-state index contributed by atoms with van der Waals surface area (Å²) in [6.45, 7) is 3.21. The van der Waals surface area contributed by atoms with Crippen LogP contribution in [0.4, 0.5) is 0 Å². The van der Waals surface area contributed by atoms with Gasteiger partial charge in [-0.05, 0) is 50.8 Å². The van der Waals surface area contributed by atoms with Crippen molar-refractivity contribution >= 4 is 16.9 Å². The van der Waals surface area contributed by atoms with Crippen LogP contribution in [-0.4, -0.2) is 43.8 Å². The summed E-state index contributed by atoms with van der Waals surface area (Å²) in [6, 6.07) is 5.58. The minimum absolute atomic E-state index is 0.000686. The number of imidazole rings is 1. The molecule has 1 saturated heterocycles. The van der Waals surface area contributed by atoms with E-state index >= 15 is 0 Å². The monoisotopic (exact) mass is 363 g/mol. The van der Waals surface area contributed by atoms with Crippen LogP contribution in [0.2, 0.25) is 0 Å². The summed E-state index contributed by atoms with van der Waals surface area (Å²) in [4.78, 5) is 41.8. The smallest absolute Gasteiger partial charge is 0.254 e. The molecule has 1 spiro atoms. The molecule has 2 aliphatic rings. The topological polar surface area (TPSA) is 94.7 Å². The van der Waals surface area contributed by atoms with E-state index in [1.807, 2.05) is 30.0 Å². The molecule has 27 heavy (non-hydrogen) atoms. The van der Waals surface area contributed by atoms with Crippen LogP contribution in [0.3, 0.4) is 0 Å². The minimum atomic E-state index is -0.0571. The molecule has 0 radical (unpaired) electrons. The van der Waals surface area contributed by atoms with Crippen LogP contribution in [-0.2, 0) is 11.8 Å². The van der Waals surface area contributed by atoms with E-state index in [-0.39, 0.29) is 16.9 Å². The van der Waals surface area contributed by atoms with Gasteiger partial charge in [0.05, 0.1) is 23.1 Å². The van der Waals surface area contributed by atoms with E-state index in [0.29, 0.717) is 24.5 Å². The Balaban J connectivity index is 1.38. The molecule has 138 valence electrons. The normalized spacial score (nSPS) is 18.2. The van der Waals surface area contributed by atoms with Gasteiger partial charge in [-0.2, -0.15) is 0 Å². The number of amides is 1. The lowest BCUT2D eigenvalue weighted by Gasteiger charge is -2.39. The molecule has 0 unspecified atom stereocenters. The third-order valence-electron chi connectivity index (χ3n) is 6.16. The van der Waals surface area contributed by atoms with Crippen molar-refractivity contribution in [3.8, 4) is 0 Å². The first kappa shape index (κ1) is 16.2. The zero-order valence-corrected chi connectivity index (χ0v) is 15.2. The number of likely N-dealkylation sites (tertiary alicyclic amines) is 1. The fourth-order valence-electron chi connectivity index (χ4n) is 4.64. The summed E-state index contributed by atoms with van der Waals surface area (Å²) in [5, 5.41) is 0. The van der Waals surface area contributed by atoms with E-state index in [0.717, 1.165) is 48.0 Å². The van der Waals surface area contributed by atoms with Gasteiger partial charge < -0.3 is 14.9 Å². The molecule has 0 bridgehead atoms. The Hall–Kier alpha value is -2.96. The average Bonchev–Trinajstić information content (AvgIpc) is 3.27. The second-order valence-electron chi connectivity index (χ2n) is 7.69. The standard InChI is InChI=1S/C20H21N5O2/c1-12-23-17-14(18(26)24-12)4-5-20(17)6-8-25(9-7-20)19(27)13-2-3-15-16(10-13)22-11-21-15/h2-3,10-11H,4-9H2,1H3,(H,21,22)(H,23,24,26). The Kier molecular flexibility index (Phi) is 3.47. The Morgan fingerprint density at radius 3 is 2.85 bits per heavy atom. The van der Waals surface area contributed by atoms with E-state index < -0.39 is 0 Å². The minimum Gasteiger partial charge on any atom is -0.345 e. The molecule has 7 nitrogen and oxygen atoms in total. The summed E-state index contributed by atoms with van der Waals surface area (Å²) < 4.78 is 0. The lowest BCUT2D eigenvalue weighted by molar-refractivity contribution is 0.0663. The molecule has 3 heterocycles. The SMILES string of the molecule is Cc1nc2c(c(=O)[nH]1)CCC21CCN(C(=O)c2ccc3nc[nH]c3c2)CC1. The fraction of sp³-hybridized carbons (Fsp3) is 0.400. The molecule has 1 aliphatic carbocycles. The van der Waals surface area contributed by atoms with Crippen LogP contribution < -0.4 is 5.56 Å². The fourth-order valence-corrected chi connectivity index (χ4v) is 4.64. The number of aromatic amines is 2. The number of hydrogen-bond donors (Lipinski definition) is 2. The Bertz CT molecular complexity index is 1110. The van der Waals surface area contributed by atoms with Crippen LogP contribution in [0, 0.1) is 6.92 Å². The zero-order valence-electron chi connectivity index (χ0n) is 15.2.